The Kier molecular flexibility index (Phi) is 4.86. The van der Waals surface area contributed by atoms with Crippen molar-refractivity contribution >= 4 is 23.2 Å². The highest BCUT2D eigenvalue weighted by Crippen LogP contribution is 2.20. The van der Waals surface area contributed by atoms with E-state index in [9.17, 15) is 4.79 Å². The first kappa shape index (κ1) is 13.9. The number of hydrogen-bond acceptors (Lipinski definition) is 2. The van der Waals surface area contributed by atoms with Crippen molar-refractivity contribution < 1.29 is 4.79 Å². The Morgan fingerprint density at radius 3 is 2.84 bits per heavy atom. The predicted molar refractivity (Wildman–Crippen MR) is 79.4 cm³/mol. The van der Waals surface area contributed by atoms with Crippen LogP contribution in [0.1, 0.15) is 42.5 Å². The molecule has 0 bridgehead atoms. The van der Waals surface area contributed by atoms with Crippen LogP contribution in [0, 0.1) is 0 Å². The second-order valence-corrected chi connectivity index (χ2v) is 5.32. The average Bonchev–Trinajstić information content (AvgIpc) is 2.38. The fourth-order valence-electron chi connectivity index (χ4n) is 2.31. The number of benzene rings is 1. The standard InChI is InChI=1S/C15H19ClN2O/c16-13-8-12(9-14(17)10-13)15(19)18-7-6-11-4-2-1-3-5-11/h4,8-10H,1-3,5-7,17H2,(H,18,19). The van der Waals surface area contributed by atoms with E-state index in [0.717, 1.165) is 6.42 Å². The summed E-state index contributed by atoms with van der Waals surface area (Å²) in [6.45, 7) is 0.664. The average molecular weight is 279 g/mol. The van der Waals surface area contributed by atoms with E-state index in [-0.39, 0.29) is 5.91 Å². The van der Waals surface area contributed by atoms with Crippen molar-refractivity contribution in [1.29, 1.82) is 0 Å². The van der Waals surface area contributed by atoms with Crippen molar-refractivity contribution in [2.75, 3.05) is 12.3 Å². The van der Waals surface area contributed by atoms with E-state index in [1.165, 1.54) is 31.3 Å². The van der Waals surface area contributed by atoms with Crippen molar-refractivity contribution in [3.8, 4) is 0 Å². The Morgan fingerprint density at radius 2 is 2.16 bits per heavy atom. The lowest BCUT2D eigenvalue weighted by Gasteiger charge is -2.13. The molecule has 1 amide bonds. The molecule has 2 rings (SSSR count). The molecule has 19 heavy (non-hydrogen) atoms. The van der Waals surface area contributed by atoms with Gasteiger partial charge in [-0.15, -0.1) is 0 Å². The Morgan fingerprint density at radius 1 is 1.32 bits per heavy atom. The van der Waals surface area contributed by atoms with Gasteiger partial charge in [-0.1, -0.05) is 23.3 Å². The molecule has 0 spiro atoms. The number of halogens is 1. The van der Waals surface area contributed by atoms with Crippen molar-refractivity contribution in [3.63, 3.8) is 0 Å². The predicted octanol–water partition coefficient (Wildman–Crippen LogP) is 3.54. The fraction of sp³-hybridized carbons (Fsp3) is 0.400. The van der Waals surface area contributed by atoms with Gasteiger partial charge in [0.25, 0.3) is 5.91 Å². The molecule has 0 fully saturated rings. The number of carbonyl (C=O) groups excluding carboxylic acids is 1. The van der Waals surface area contributed by atoms with Crippen LogP contribution >= 0.6 is 11.6 Å². The Hall–Kier alpha value is -1.48. The summed E-state index contributed by atoms with van der Waals surface area (Å²) in [6.07, 6.45) is 8.13. The first-order chi connectivity index (χ1) is 9.15. The number of carbonyl (C=O) groups is 1. The summed E-state index contributed by atoms with van der Waals surface area (Å²) in [4.78, 5) is 11.9. The van der Waals surface area contributed by atoms with E-state index in [0.29, 0.717) is 22.8 Å². The molecule has 1 aliphatic carbocycles. The number of anilines is 1. The maximum absolute atomic E-state index is 11.9. The zero-order chi connectivity index (χ0) is 13.7. The van der Waals surface area contributed by atoms with E-state index in [1.807, 2.05) is 0 Å². The zero-order valence-corrected chi connectivity index (χ0v) is 11.7. The van der Waals surface area contributed by atoms with Crippen LogP contribution in [0.2, 0.25) is 5.02 Å². The molecular formula is C15H19ClN2O. The first-order valence-electron chi connectivity index (χ1n) is 6.67. The highest BCUT2D eigenvalue weighted by Gasteiger charge is 2.08. The Balaban J connectivity index is 1.85. The van der Waals surface area contributed by atoms with Crippen molar-refractivity contribution in [3.05, 3.63) is 40.4 Å². The molecule has 0 aromatic heterocycles. The van der Waals surface area contributed by atoms with Crippen LogP contribution in [0.3, 0.4) is 0 Å². The Labute approximate surface area is 118 Å². The molecule has 3 nitrogen and oxygen atoms in total. The summed E-state index contributed by atoms with van der Waals surface area (Å²) in [5.41, 5.74) is 8.15. The zero-order valence-electron chi connectivity index (χ0n) is 10.9. The Bertz CT molecular complexity index is 477. The second-order valence-electron chi connectivity index (χ2n) is 4.89. The van der Waals surface area contributed by atoms with Gasteiger partial charge in [-0.2, -0.15) is 0 Å². The maximum atomic E-state index is 11.9. The minimum atomic E-state index is -0.120. The maximum Gasteiger partial charge on any atom is 0.251 e. The van der Waals surface area contributed by atoms with Gasteiger partial charge >= 0.3 is 0 Å². The third-order valence-corrected chi connectivity index (χ3v) is 3.52. The number of rotatable bonds is 4. The summed E-state index contributed by atoms with van der Waals surface area (Å²) in [5, 5.41) is 3.39. The summed E-state index contributed by atoms with van der Waals surface area (Å²) < 4.78 is 0. The van der Waals surface area contributed by atoms with Gasteiger partial charge in [-0.25, -0.2) is 0 Å². The fourth-order valence-corrected chi connectivity index (χ4v) is 2.56. The van der Waals surface area contributed by atoms with Crippen LogP contribution in [-0.2, 0) is 0 Å². The van der Waals surface area contributed by atoms with Gasteiger partial charge < -0.3 is 11.1 Å². The molecule has 1 aromatic carbocycles. The topological polar surface area (TPSA) is 55.1 Å². The normalized spacial score (nSPS) is 14.9. The van der Waals surface area contributed by atoms with Crippen LogP contribution in [0.15, 0.2) is 29.8 Å². The summed E-state index contributed by atoms with van der Waals surface area (Å²) in [6, 6.07) is 4.90. The second kappa shape index (κ2) is 6.62. The lowest BCUT2D eigenvalue weighted by molar-refractivity contribution is 0.0954. The third kappa shape index (κ3) is 4.28. The molecule has 0 saturated heterocycles. The van der Waals surface area contributed by atoms with Gasteiger partial charge in [0.15, 0.2) is 0 Å². The minimum Gasteiger partial charge on any atom is -0.399 e. The number of hydrogen-bond donors (Lipinski definition) is 2. The van der Waals surface area contributed by atoms with Crippen molar-refractivity contribution in [2.45, 2.75) is 32.1 Å². The minimum absolute atomic E-state index is 0.120. The molecule has 0 radical (unpaired) electrons. The highest BCUT2D eigenvalue weighted by molar-refractivity contribution is 6.31. The lowest BCUT2D eigenvalue weighted by Crippen LogP contribution is -2.25. The van der Waals surface area contributed by atoms with Gasteiger partial charge in [0.1, 0.15) is 0 Å². The van der Waals surface area contributed by atoms with E-state index in [1.54, 1.807) is 18.2 Å². The molecule has 1 aliphatic rings. The quantitative estimate of drug-likeness (QED) is 0.654. The van der Waals surface area contributed by atoms with Crippen LogP contribution in [0.5, 0.6) is 0 Å². The van der Waals surface area contributed by atoms with E-state index in [4.69, 9.17) is 17.3 Å². The lowest BCUT2D eigenvalue weighted by atomic mass is 9.97. The molecule has 0 saturated carbocycles. The number of allylic oxidation sites excluding steroid dienone is 1. The van der Waals surface area contributed by atoms with E-state index >= 15 is 0 Å². The smallest absolute Gasteiger partial charge is 0.251 e. The summed E-state index contributed by atoms with van der Waals surface area (Å²) in [7, 11) is 0. The molecule has 1 aromatic rings. The molecule has 4 heteroatoms. The number of nitrogens with two attached hydrogens (primary N) is 1. The van der Waals surface area contributed by atoms with Gasteiger partial charge in [-0.3, -0.25) is 4.79 Å². The van der Waals surface area contributed by atoms with Gasteiger partial charge in [0.2, 0.25) is 0 Å². The molecular weight excluding hydrogens is 260 g/mol. The number of amides is 1. The monoisotopic (exact) mass is 278 g/mol. The molecule has 0 aliphatic heterocycles. The van der Waals surface area contributed by atoms with Crippen LogP contribution in [0.4, 0.5) is 5.69 Å². The van der Waals surface area contributed by atoms with Crippen LogP contribution in [-0.4, -0.2) is 12.5 Å². The first-order valence-corrected chi connectivity index (χ1v) is 7.05. The summed E-state index contributed by atoms with van der Waals surface area (Å²) >= 11 is 5.88. The third-order valence-electron chi connectivity index (χ3n) is 3.30. The summed E-state index contributed by atoms with van der Waals surface area (Å²) in [5.74, 6) is -0.120. The van der Waals surface area contributed by atoms with Crippen LogP contribution < -0.4 is 11.1 Å². The van der Waals surface area contributed by atoms with E-state index < -0.39 is 0 Å². The van der Waals surface area contributed by atoms with Crippen LogP contribution in [0.25, 0.3) is 0 Å². The van der Waals surface area contributed by atoms with Crippen molar-refractivity contribution in [2.24, 2.45) is 0 Å². The van der Waals surface area contributed by atoms with Gasteiger partial charge in [0, 0.05) is 22.8 Å². The van der Waals surface area contributed by atoms with E-state index in [2.05, 4.69) is 11.4 Å². The van der Waals surface area contributed by atoms with Gasteiger partial charge in [0.05, 0.1) is 0 Å². The molecule has 0 heterocycles. The van der Waals surface area contributed by atoms with Crippen molar-refractivity contribution in [1.82, 2.24) is 5.32 Å². The molecule has 0 atom stereocenters. The SMILES string of the molecule is Nc1cc(Cl)cc(C(=O)NCCC2=CCCCC2)c1. The molecule has 3 N–H and O–H groups in total. The number of nitrogen functional groups attached to an aromatic ring is 1. The molecule has 102 valence electrons. The highest BCUT2D eigenvalue weighted by atomic mass is 35.5. The molecule has 0 unspecified atom stereocenters. The number of nitrogens with one attached hydrogen (secondary N) is 1. The largest absolute Gasteiger partial charge is 0.399 e. The van der Waals surface area contributed by atoms with Gasteiger partial charge in [-0.05, 0) is 50.3 Å².